The van der Waals surface area contributed by atoms with Crippen molar-refractivity contribution in [3.63, 3.8) is 0 Å². The summed E-state index contributed by atoms with van der Waals surface area (Å²) in [5, 5.41) is 10.2. The molecule has 1 aliphatic heterocycles. The molecule has 0 unspecified atom stereocenters. The van der Waals surface area contributed by atoms with Crippen molar-refractivity contribution >= 4 is 29.1 Å². The SMILES string of the molecule is C[C@H](O)c1ccc(N2CCSCC2)c(Cl)c1. The number of aliphatic hydroxyl groups excluding tert-OH is 1. The first-order valence-corrected chi connectivity index (χ1v) is 7.02. The van der Waals surface area contributed by atoms with E-state index in [4.69, 9.17) is 11.6 Å². The summed E-state index contributed by atoms with van der Waals surface area (Å²) in [5.41, 5.74) is 1.96. The maximum absolute atomic E-state index is 9.47. The Labute approximate surface area is 106 Å². The molecule has 0 spiro atoms. The van der Waals surface area contributed by atoms with E-state index in [1.165, 1.54) is 0 Å². The Morgan fingerprint density at radius 2 is 2.06 bits per heavy atom. The van der Waals surface area contributed by atoms with Crippen molar-refractivity contribution in [3.05, 3.63) is 28.8 Å². The average Bonchev–Trinajstić information content (AvgIpc) is 2.30. The standard InChI is InChI=1S/C12H16ClNOS/c1-9(15)10-2-3-12(11(13)8-10)14-4-6-16-7-5-14/h2-3,8-9,15H,4-7H2,1H3/t9-/m0/s1. The maximum Gasteiger partial charge on any atom is 0.0762 e. The number of halogens is 1. The Hall–Kier alpha value is -0.380. The van der Waals surface area contributed by atoms with Crippen LogP contribution in [0.25, 0.3) is 0 Å². The molecule has 4 heteroatoms. The summed E-state index contributed by atoms with van der Waals surface area (Å²) in [6.07, 6.45) is -0.455. The van der Waals surface area contributed by atoms with Gasteiger partial charge in [-0.2, -0.15) is 11.8 Å². The summed E-state index contributed by atoms with van der Waals surface area (Å²) >= 11 is 8.23. The van der Waals surface area contributed by atoms with Crippen molar-refractivity contribution in [3.8, 4) is 0 Å². The average molecular weight is 258 g/mol. The Morgan fingerprint density at radius 3 is 2.62 bits per heavy atom. The largest absolute Gasteiger partial charge is 0.389 e. The highest BCUT2D eigenvalue weighted by molar-refractivity contribution is 7.99. The Balaban J connectivity index is 2.21. The third kappa shape index (κ3) is 2.65. The van der Waals surface area contributed by atoms with Gasteiger partial charge in [0.2, 0.25) is 0 Å². The minimum atomic E-state index is -0.455. The molecule has 1 atom stereocenters. The summed E-state index contributed by atoms with van der Waals surface area (Å²) in [6.45, 7) is 3.86. The van der Waals surface area contributed by atoms with E-state index in [-0.39, 0.29) is 0 Å². The predicted molar refractivity (Wildman–Crippen MR) is 71.6 cm³/mol. The lowest BCUT2D eigenvalue weighted by Gasteiger charge is -2.29. The molecule has 16 heavy (non-hydrogen) atoms. The lowest BCUT2D eigenvalue weighted by Crippen LogP contribution is -2.32. The molecule has 1 N–H and O–H groups in total. The fourth-order valence-corrected chi connectivity index (χ4v) is 3.06. The van der Waals surface area contributed by atoms with E-state index >= 15 is 0 Å². The van der Waals surface area contributed by atoms with Crippen molar-refractivity contribution < 1.29 is 5.11 Å². The highest BCUT2D eigenvalue weighted by atomic mass is 35.5. The molecular weight excluding hydrogens is 242 g/mol. The van der Waals surface area contributed by atoms with Crippen LogP contribution in [0, 0.1) is 0 Å². The van der Waals surface area contributed by atoms with Crippen LogP contribution in [-0.4, -0.2) is 29.7 Å². The summed E-state index contributed by atoms with van der Waals surface area (Å²) in [4.78, 5) is 2.31. The first-order valence-electron chi connectivity index (χ1n) is 5.48. The van der Waals surface area contributed by atoms with Crippen molar-refractivity contribution in [2.24, 2.45) is 0 Å². The maximum atomic E-state index is 9.47. The lowest BCUT2D eigenvalue weighted by atomic mass is 10.1. The molecule has 1 saturated heterocycles. The van der Waals surface area contributed by atoms with Crippen LogP contribution in [0.5, 0.6) is 0 Å². The van der Waals surface area contributed by atoms with Gasteiger partial charge in [-0.25, -0.2) is 0 Å². The van der Waals surface area contributed by atoms with Crippen molar-refractivity contribution in [2.75, 3.05) is 29.5 Å². The van der Waals surface area contributed by atoms with E-state index in [2.05, 4.69) is 4.90 Å². The van der Waals surface area contributed by atoms with Gasteiger partial charge >= 0.3 is 0 Å². The molecule has 2 nitrogen and oxygen atoms in total. The number of rotatable bonds is 2. The molecule has 0 saturated carbocycles. The van der Waals surface area contributed by atoms with Crippen molar-refractivity contribution in [1.29, 1.82) is 0 Å². The molecule has 1 aromatic rings. The van der Waals surface area contributed by atoms with Crippen LogP contribution >= 0.6 is 23.4 Å². The highest BCUT2D eigenvalue weighted by Crippen LogP contribution is 2.30. The quantitative estimate of drug-likeness (QED) is 0.881. The number of nitrogens with zero attached hydrogens (tertiary/aromatic N) is 1. The van der Waals surface area contributed by atoms with Gasteiger partial charge in [0.1, 0.15) is 0 Å². The second kappa shape index (κ2) is 5.30. The minimum Gasteiger partial charge on any atom is -0.389 e. The zero-order valence-electron chi connectivity index (χ0n) is 9.32. The molecular formula is C12H16ClNOS. The zero-order valence-corrected chi connectivity index (χ0v) is 10.9. The van der Waals surface area contributed by atoms with Gasteiger partial charge in [0.05, 0.1) is 16.8 Å². The van der Waals surface area contributed by atoms with Gasteiger partial charge < -0.3 is 10.0 Å². The molecule has 1 aliphatic rings. The van der Waals surface area contributed by atoms with Gasteiger partial charge in [-0.3, -0.25) is 0 Å². The second-order valence-corrected chi connectivity index (χ2v) is 5.62. The first-order chi connectivity index (χ1) is 7.68. The van der Waals surface area contributed by atoms with E-state index in [0.29, 0.717) is 0 Å². The molecule has 1 aromatic carbocycles. The van der Waals surface area contributed by atoms with Gasteiger partial charge in [0.15, 0.2) is 0 Å². The van der Waals surface area contributed by atoms with Crippen LogP contribution in [0.3, 0.4) is 0 Å². The topological polar surface area (TPSA) is 23.5 Å². The number of aliphatic hydroxyl groups is 1. The van der Waals surface area contributed by atoms with Gasteiger partial charge in [-0.05, 0) is 24.6 Å². The third-order valence-corrected chi connectivity index (χ3v) is 4.05. The molecule has 0 aliphatic carbocycles. The Bertz CT molecular complexity index is 364. The second-order valence-electron chi connectivity index (χ2n) is 3.99. The molecule has 0 amide bonds. The first kappa shape index (κ1) is 12.1. The fraction of sp³-hybridized carbons (Fsp3) is 0.500. The van der Waals surface area contributed by atoms with Crippen LogP contribution in [0.4, 0.5) is 5.69 Å². The highest BCUT2D eigenvalue weighted by Gasteiger charge is 2.14. The molecule has 0 bridgehead atoms. The Morgan fingerprint density at radius 1 is 1.38 bits per heavy atom. The molecule has 0 aromatic heterocycles. The van der Waals surface area contributed by atoms with Gasteiger partial charge in [0, 0.05) is 24.6 Å². The van der Waals surface area contributed by atoms with Crippen molar-refractivity contribution in [1.82, 2.24) is 0 Å². The third-order valence-electron chi connectivity index (χ3n) is 2.81. The number of anilines is 1. The predicted octanol–water partition coefficient (Wildman–Crippen LogP) is 2.95. The Kier molecular flexibility index (Phi) is 4.00. The molecule has 1 heterocycles. The van der Waals surface area contributed by atoms with Crippen LogP contribution in [0.1, 0.15) is 18.6 Å². The van der Waals surface area contributed by atoms with Crippen LogP contribution in [-0.2, 0) is 0 Å². The number of thioether (sulfide) groups is 1. The van der Waals surface area contributed by atoms with Crippen LogP contribution < -0.4 is 4.90 Å². The number of hydrogen-bond acceptors (Lipinski definition) is 3. The lowest BCUT2D eigenvalue weighted by molar-refractivity contribution is 0.199. The normalized spacial score (nSPS) is 18.6. The van der Waals surface area contributed by atoms with Gasteiger partial charge in [0.25, 0.3) is 0 Å². The van der Waals surface area contributed by atoms with Gasteiger partial charge in [-0.15, -0.1) is 0 Å². The molecule has 0 radical (unpaired) electrons. The van der Waals surface area contributed by atoms with E-state index in [9.17, 15) is 5.11 Å². The summed E-state index contributed by atoms with van der Waals surface area (Å²) in [6, 6.07) is 5.83. The van der Waals surface area contributed by atoms with Crippen LogP contribution in [0.15, 0.2) is 18.2 Å². The van der Waals surface area contributed by atoms with E-state index in [1.807, 2.05) is 30.0 Å². The monoisotopic (exact) mass is 257 g/mol. The summed E-state index contributed by atoms with van der Waals surface area (Å²) < 4.78 is 0. The number of benzene rings is 1. The van der Waals surface area contributed by atoms with Crippen LogP contribution in [0.2, 0.25) is 5.02 Å². The summed E-state index contributed by atoms with van der Waals surface area (Å²) in [5.74, 6) is 2.32. The van der Waals surface area contributed by atoms with E-state index < -0.39 is 6.10 Å². The van der Waals surface area contributed by atoms with E-state index in [0.717, 1.165) is 40.9 Å². The smallest absolute Gasteiger partial charge is 0.0762 e. The summed E-state index contributed by atoms with van der Waals surface area (Å²) in [7, 11) is 0. The van der Waals surface area contributed by atoms with Gasteiger partial charge in [-0.1, -0.05) is 17.7 Å². The molecule has 2 rings (SSSR count). The zero-order chi connectivity index (χ0) is 11.5. The molecule has 88 valence electrons. The number of hydrogen-bond donors (Lipinski definition) is 1. The minimum absolute atomic E-state index is 0.455. The fourth-order valence-electron chi connectivity index (χ4n) is 1.84. The van der Waals surface area contributed by atoms with E-state index in [1.54, 1.807) is 6.92 Å². The molecule has 1 fully saturated rings. The van der Waals surface area contributed by atoms with Crippen molar-refractivity contribution in [2.45, 2.75) is 13.0 Å².